The smallest absolute Gasteiger partial charge is 0.338 e. The number of fused-ring (bicyclic) bond motifs is 1. The summed E-state index contributed by atoms with van der Waals surface area (Å²) in [6, 6.07) is 14.3. The average Bonchev–Trinajstić information content (AvgIpc) is 2.56. The molecule has 0 fully saturated rings. The molecule has 2 aromatic carbocycles. The molecule has 0 atom stereocenters. The second kappa shape index (κ2) is 5.81. The van der Waals surface area contributed by atoms with Gasteiger partial charge in [-0.2, -0.15) is 5.10 Å². The fourth-order valence-electron chi connectivity index (χ4n) is 2.17. The van der Waals surface area contributed by atoms with Crippen LogP contribution in [0.25, 0.3) is 10.8 Å². The average molecular weight is 294 g/mol. The quantitative estimate of drug-likeness (QED) is 0.695. The molecule has 0 N–H and O–H groups in total. The van der Waals surface area contributed by atoms with Crippen molar-refractivity contribution in [3.8, 4) is 0 Å². The predicted molar refractivity (Wildman–Crippen MR) is 82.5 cm³/mol. The summed E-state index contributed by atoms with van der Waals surface area (Å²) in [6.45, 7) is 0.215. The minimum Gasteiger partial charge on any atom is -0.457 e. The number of aryl methyl sites for hydroxylation is 1. The number of hydrogen-bond donors (Lipinski definition) is 0. The maximum absolute atomic E-state index is 12.1. The number of hydrogen-bond acceptors (Lipinski definition) is 4. The van der Waals surface area contributed by atoms with Gasteiger partial charge < -0.3 is 4.74 Å². The first-order chi connectivity index (χ1) is 10.6. The van der Waals surface area contributed by atoms with Gasteiger partial charge in [0.25, 0.3) is 5.56 Å². The summed E-state index contributed by atoms with van der Waals surface area (Å²) in [4.78, 5) is 24.0. The molecule has 22 heavy (non-hydrogen) atoms. The maximum Gasteiger partial charge on any atom is 0.338 e. The number of aromatic nitrogens is 2. The van der Waals surface area contributed by atoms with Gasteiger partial charge in [0.2, 0.25) is 0 Å². The zero-order valence-electron chi connectivity index (χ0n) is 12.0. The molecule has 5 nitrogen and oxygen atoms in total. The van der Waals surface area contributed by atoms with Crippen LogP contribution < -0.4 is 5.56 Å². The molecule has 0 aliphatic carbocycles. The van der Waals surface area contributed by atoms with E-state index in [0.717, 1.165) is 5.56 Å². The van der Waals surface area contributed by atoms with E-state index in [4.69, 9.17) is 4.74 Å². The molecule has 0 spiro atoms. The Morgan fingerprint density at radius 1 is 1.18 bits per heavy atom. The van der Waals surface area contributed by atoms with E-state index >= 15 is 0 Å². The largest absolute Gasteiger partial charge is 0.457 e. The van der Waals surface area contributed by atoms with Gasteiger partial charge in [-0.25, -0.2) is 9.48 Å². The maximum atomic E-state index is 12.1. The lowest BCUT2D eigenvalue weighted by Gasteiger charge is -2.06. The fourth-order valence-corrected chi connectivity index (χ4v) is 2.17. The van der Waals surface area contributed by atoms with E-state index in [2.05, 4.69) is 5.10 Å². The van der Waals surface area contributed by atoms with Crippen LogP contribution in [0.15, 0.2) is 59.5 Å². The second-order valence-electron chi connectivity index (χ2n) is 4.94. The SMILES string of the molecule is Cn1ncc2cc(C(=O)OCc3ccccc3)ccc2c1=O. The number of nitrogens with zero attached hydrogens (tertiary/aromatic N) is 2. The number of carbonyl (C=O) groups is 1. The van der Waals surface area contributed by atoms with Gasteiger partial charge >= 0.3 is 5.97 Å². The highest BCUT2D eigenvalue weighted by molar-refractivity contribution is 5.94. The lowest BCUT2D eigenvalue weighted by atomic mass is 10.1. The summed E-state index contributed by atoms with van der Waals surface area (Å²) in [7, 11) is 1.59. The van der Waals surface area contributed by atoms with Gasteiger partial charge in [0.15, 0.2) is 0 Å². The zero-order valence-corrected chi connectivity index (χ0v) is 12.0. The zero-order chi connectivity index (χ0) is 15.5. The van der Waals surface area contributed by atoms with Crippen LogP contribution in [-0.2, 0) is 18.4 Å². The molecule has 1 heterocycles. The number of ether oxygens (including phenoxy) is 1. The van der Waals surface area contributed by atoms with Gasteiger partial charge in [-0.05, 0) is 23.8 Å². The molecule has 0 amide bonds. The van der Waals surface area contributed by atoms with Crippen LogP contribution in [0.3, 0.4) is 0 Å². The van der Waals surface area contributed by atoms with Gasteiger partial charge in [0.05, 0.1) is 17.1 Å². The first-order valence-electron chi connectivity index (χ1n) is 6.82. The number of benzene rings is 2. The first kappa shape index (κ1) is 14.0. The molecule has 0 aliphatic rings. The Labute approximate surface area is 126 Å². The van der Waals surface area contributed by atoms with E-state index in [0.29, 0.717) is 16.3 Å². The first-order valence-corrected chi connectivity index (χ1v) is 6.82. The summed E-state index contributed by atoms with van der Waals surface area (Å²) < 4.78 is 6.53. The van der Waals surface area contributed by atoms with Crippen LogP contribution in [0.1, 0.15) is 15.9 Å². The Hall–Kier alpha value is -2.95. The summed E-state index contributed by atoms with van der Waals surface area (Å²) in [5, 5.41) is 5.10. The molecule has 0 bridgehead atoms. The second-order valence-corrected chi connectivity index (χ2v) is 4.94. The van der Waals surface area contributed by atoms with Crippen molar-refractivity contribution in [1.29, 1.82) is 0 Å². The molecular weight excluding hydrogens is 280 g/mol. The molecule has 3 rings (SSSR count). The van der Waals surface area contributed by atoms with Crippen LogP contribution >= 0.6 is 0 Å². The van der Waals surface area contributed by atoms with Gasteiger partial charge in [0, 0.05) is 12.4 Å². The van der Waals surface area contributed by atoms with Crippen molar-refractivity contribution in [3.63, 3.8) is 0 Å². The Balaban J connectivity index is 1.82. The standard InChI is InChI=1S/C17H14N2O3/c1-19-16(20)15-8-7-13(9-14(15)10-18-19)17(21)22-11-12-5-3-2-4-6-12/h2-10H,11H2,1H3. The molecule has 3 aromatic rings. The highest BCUT2D eigenvalue weighted by atomic mass is 16.5. The van der Waals surface area contributed by atoms with Crippen LogP contribution in [-0.4, -0.2) is 15.7 Å². The van der Waals surface area contributed by atoms with Gasteiger partial charge in [-0.3, -0.25) is 4.79 Å². The Morgan fingerprint density at radius 2 is 1.95 bits per heavy atom. The van der Waals surface area contributed by atoms with Gasteiger partial charge in [-0.15, -0.1) is 0 Å². The highest BCUT2D eigenvalue weighted by Crippen LogP contribution is 2.13. The number of esters is 1. The molecule has 0 unspecified atom stereocenters. The summed E-state index contributed by atoms with van der Waals surface area (Å²) in [5.41, 5.74) is 1.13. The lowest BCUT2D eigenvalue weighted by Crippen LogP contribution is -2.19. The van der Waals surface area contributed by atoms with Crippen molar-refractivity contribution in [3.05, 3.63) is 76.2 Å². The van der Waals surface area contributed by atoms with Gasteiger partial charge in [-0.1, -0.05) is 30.3 Å². The molecule has 0 saturated heterocycles. The lowest BCUT2D eigenvalue weighted by molar-refractivity contribution is 0.0473. The minimum absolute atomic E-state index is 0.193. The van der Waals surface area contributed by atoms with Crippen molar-refractivity contribution in [2.75, 3.05) is 0 Å². The van der Waals surface area contributed by atoms with E-state index in [-0.39, 0.29) is 12.2 Å². The fraction of sp³-hybridized carbons (Fsp3) is 0.118. The van der Waals surface area contributed by atoms with Crippen molar-refractivity contribution in [1.82, 2.24) is 9.78 Å². The molecule has 5 heteroatoms. The third-order valence-corrected chi connectivity index (χ3v) is 3.39. The molecule has 110 valence electrons. The van der Waals surface area contributed by atoms with Gasteiger partial charge in [0.1, 0.15) is 6.61 Å². The number of carbonyl (C=O) groups excluding carboxylic acids is 1. The van der Waals surface area contributed by atoms with E-state index in [1.54, 1.807) is 31.4 Å². The Kier molecular flexibility index (Phi) is 3.70. The van der Waals surface area contributed by atoms with E-state index < -0.39 is 5.97 Å². The molecule has 0 aliphatic heterocycles. The third-order valence-electron chi connectivity index (χ3n) is 3.39. The minimum atomic E-state index is -0.425. The van der Waals surface area contributed by atoms with E-state index in [1.165, 1.54) is 4.68 Å². The summed E-state index contributed by atoms with van der Waals surface area (Å²) >= 11 is 0. The highest BCUT2D eigenvalue weighted by Gasteiger charge is 2.10. The Bertz CT molecular complexity index is 885. The van der Waals surface area contributed by atoms with Crippen molar-refractivity contribution in [2.45, 2.75) is 6.61 Å². The monoisotopic (exact) mass is 294 g/mol. The van der Waals surface area contributed by atoms with Crippen molar-refractivity contribution in [2.24, 2.45) is 7.05 Å². The summed E-state index contributed by atoms with van der Waals surface area (Å²) in [6.07, 6.45) is 1.56. The van der Waals surface area contributed by atoms with Crippen LogP contribution in [0.5, 0.6) is 0 Å². The molecule has 0 saturated carbocycles. The molecule has 1 aromatic heterocycles. The van der Waals surface area contributed by atoms with E-state index in [1.807, 2.05) is 30.3 Å². The van der Waals surface area contributed by atoms with Crippen molar-refractivity contribution >= 4 is 16.7 Å². The molecular formula is C17H14N2O3. The van der Waals surface area contributed by atoms with Crippen LogP contribution in [0.2, 0.25) is 0 Å². The van der Waals surface area contributed by atoms with Crippen molar-refractivity contribution < 1.29 is 9.53 Å². The van der Waals surface area contributed by atoms with E-state index in [9.17, 15) is 9.59 Å². The summed E-state index contributed by atoms with van der Waals surface area (Å²) in [5.74, 6) is -0.425. The topological polar surface area (TPSA) is 61.2 Å². The third kappa shape index (κ3) is 2.74. The van der Waals surface area contributed by atoms with Crippen LogP contribution in [0.4, 0.5) is 0 Å². The predicted octanol–water partition coefficient (Wildman–Crippen LogP) is 2.29. The molecule has 0 radical (unpaired) electrons. The Morgan fingerprint density at radius 3 is 2.73 bits per heavy atom. The normalized spacial score (nSPS) is 10.6. The number of rotatable bonds is 3. The van der Waals surface area contributed by atoms with Crippen LogP contribution in [0, 0.1) is 0 Å².